The zero-order chi connectivity index (χ0) is 24.5. The molecule has 2 aromatic rings. The van der Waals surface area contributed by atoms with Crippen LogP contribution in [0.15, 0.2) is 48.2 Å². The molecule has 0 radical (unpaired) electrons. The molecule has 1 aromatic carbocycles. The summed E-state index contributed by atoms with van der Waals surface area (Å²) in [7, 11) is 0. The molecular weight excluding hydrogens is 432 g/mol. The van der Waals surface area contributed by atoms with Crippen molar-refractivity contribution < 1.29 is 14.3 Å². The van der Waals surface area contributed by atoms with E-state index in [2.05, 4.69) is 46.9 Å². The van der Waals surface area contributed by atoms with Gasteiger partial charge < -0.3 is 21.1 Å². The first-order valence-electron chi connectivity index (χ1n) is 12.0. The van der Waals surface area contributed by atoms with Gasteiger partial charge in [0.15, 0.2) is 0 Å². The Morgan fingerprint density at radius 2 is 1.97 bits per heavy atom. The van der Waals surface area contributed by atoms with E-state index in [1.165, 1.54) is 12.5 Å². The van der Waals surface area contributed by atoms with Gasteiger partial charge in [0, 0.05) is 25.1 Å². The molecule has 1 aliphatic carbocycles. The second-order valence-electron chi connectivity index (χ2n) is 8.72. The van der Waals surface area contributed by atoms with Crippen LogP contribution in [0.5, 0.6) is 0 Å². The van der Waals surface area contributed by atoms with Crippen molar-refractivity contribution in [1.29, 1.82) is 0 Å². The summed E-state index contributed by atoms with van der Waals surface area (Å²) in [6.07, 6.45) is 6.09. The third kappa shape index (κ3) is 7.23. The monoisotopic (exact) mass is 468 g/mol. The van der Waals surface area contributed by atoms with Crippen LogP contribution < -0.4 is 16.4 Å². The van der Waals surface area contributed by atoms with Crippen LogP contribution in [0.1, 0.15) is 51.3 Å². The van der Waals surface area contributed by atoms with Crippen LogP contribution in [0.2, 0.25) is 0 Å². The molecule has 1 aliphatic rings. The Hall–Kier alpha value is -3.04. The number of ether oxygens (including phenoxy) is 1. The van der Waals surface area contributed by atoms with Crippen LogP contribution in [-0.4, -0.2) is 51.1 Å². The van der Waals surface area contributed by atoms with Gasteiger partial charge >= 0.3 is 0 Å². The highest BCUT2D eigenvalue weighted by atomic mass is 16.5. The third-order valence-electron chi connectivity index (χ3n) is 6.05. The first-order chi connectivity index (χ1) is 16.4. The predicted molar refractivity (Wildman–Crippen MR) is 130 cm³/mol. The fourth-order valence-corrected chi connectivity index (χ4v) is 4.12. The number of aromatic nitrogens is 3. The maximum atomic E-state index is 12.9. The van der Waals surface area contributed by atoms with Crippen molar-refractivity contribution in [3.8, 4) is 0 Å². The Morgan fingerprint density at radius 1 is 1.24 bits per heavy atom. The second-order valence-corrected chi connectivity index (χ2v) is 8.72. The Labute approximate surface area is 201 Å². The normalized spacial score (nSPS) is 20.1. The predicted octanol–water partition coefficient (Wildman–Crippen LogP) is 1.87. The lowest BCUT2D eigenvalue weighted by molar-refractivity contribution is -0.121. The quantitative estimate of drug-likeness (QED) is 0.463. The lowest BCUT2D eigenvalue weighted by atomic mass is 9.87. The van der Waals surface area contributed by atoms with Gasteiger partial charge in [0.2, 0.25) is 11.8 Å². The number of hydrogen-bond acceptors (Lipinski definition) is 6. The van der Waals surface area contributed by atoms with Crippen molar-refractivity contribution in [2.75, 3.05) is 0 Å². The van der Waals surface area contributed by atoms with Gasteiger partial charge in [0.1, 0.15) is 5.69 Å². The molecule has 1 aromatic heterocycles. The van der Waals surface area contributed by atoms with E-state index in [0.717, 1.165) is 19.3 Å². The summed E-state index contributed by atoms with van der Waals surface area (Å²) in [4.78, 5) is 24.6. The van der Waals surface area contributed by atoms with E-state index in [4.69, 9.17) is 10.5 Å². The van der Waals surface area contributed by atoms with Crippen molar-refractivity contribution in [3.05, 3.63) is 59.4 Å². The Bertz CT molecular complexity index is 970. The van der Waals surface area contributed by atoms with Crippen molar-refractivity contribution >= 4 is 11.8 Å². The number of hydrogen-bond donors (Lipinski definition) is 3. The molecule has 2 amide bonds. The molecule has 184 valence electrons. The van der Waals surface area contributed by atoms with Crippen molar-refractivity contribution in [2.24, 2.45) is 5.73 Å². The Balaban J connectivity index is 1.60. The molecule has 0 saturated carbocycles. The maximum absolute atomic E-state index is 12.9. The average Bonchev–Trinajstić information content (AvgIpc) is 3.29. The largest absolute Gasteiger partial charge is 0.369 e. The number of nitrogens with one attached hydrogen (secondary N) is 2. The molecule has 4 N–H and O–H groups in total. The summed E-state index contributed by atoms with van der Waals surface area (Å²) >= 11 is 0. The molecule has 9 nitrogen and oxygen atoms in total. The van der Waals surface area contributed by atoms with Gasteiger partial charge in [0.25, 0.3) is 0 Å². The summed E-state index contributed by atoms with van der Waals surface area (Å²) < 4.78 is 7.99. The molecule has 3 atom stereocenters. The molecule has 0 unspecified atom stereocenters. The first kappa shape index (κ1) is 25.6. The molecule has 0 saturated heterocycles. The highest BCUT2D eigenvalue weighted by molar-refractivity contribution is 5.93. The topological polar surface area (TPSA) is 124 Å². The summed E-state index contributed by atoms with van der Waals surface area (Å²) in [6, 6.07) is 9.39. The molecule has 9 heteroatoms. The van der Waals surface area contributed by atoms with E-state index in [-0.39, 0.29) is 30.5 Å². The first-order valence-corrected chi connectivity index (χ1v) is 12.0. The Morgan fingerprint density at radius 3 is 2.65 bits per heavy atom. The molecule has 0 bridgehead atoms. The molecule has 3 rings (SSSR count). The smallest absolute Gasteiger partial charge is 0.247 e. The fraction of sp³-hybridized carbons (Fsp3) is 0.520. The highest BCUT2D eigenvalue weighted by Gasteiger charge is 2.35. The second kappa shape index (κ2) is 12.4. The van der Waals surface area contributed by atoms with E-state index >= 15 is 0 Å². The van der Waals surface area contributed by atoms with Gasteiger partial charge in [0.05, 0.1) is 31.0 Å². The summed E-state index contributed by atoms with van der Waals surface area (Å²) in [5.74, 6) is -0.385. The van der Waals surface area contributed by atoms with Crippen molar-refractivity contribution in [3.63, 3.8) is 0 Å². The Kier molecular flexibility index (Phi) is 9.35. The van der Waals surface area contributed by atoms with Gasteiger partial charge in [-0.05, 0) is 37.3 Å². The molecule has 0 aliphatic heterocycles. The van der Waals surface area contributed by atoms with Crippen LogP contribution in [0, 0.1) is 0 Å². The van der Waals surface area contributed by atoms with Gasteiger partial charge in [-0.15, -0.1) is 5.10 Å². The lowest BCUT2D eigenvalue weighted by Gasteiger charge is -2.36. The van der Waals surface area contributed by atoms with E-state index in [1.807, 2.05) is 24.4 Å². The van der Waals surface area contributed by atoms with Gasteiger partial charge in [-0.2, -0.15) is 0 Å². The number of rotatable bonds is 11. The summed E-state index contributed by atoms with van der Waals surface area (Å²) in [5, 5.41) is 14.1. The van der Waals surface area contributed by atoms with Gasteiger partial charge in [-0.1, -0.05) is 49.4 Å². The number of carbonyl (C=O) groups excluding carboxylic acids is 2. The minimum Gasteiger partial charge on any atom is -0.369 e. The third-order valence-corrected chi connectivity index (χ3v) is 6.05. The highest BCUT2D eigenvalue weighted by Crippen LogP contribution is 2.23. The minimum atomic E-state index is -0.461. The standard InChI is InChI=1S/C25H36N6O3/c1-4-21(5-2)34-23-14-19(13-22(26)24(23)28-17(3)32)25(33)27-15-20-16-31(30-29-20)12-11-18-9-7-6-8-10-18/h6-10,14,16,21-24H,4-5,11-13,15,26H2,1-3H3,(H,27,33)(H,28,32)/t22-,23+,24+/m0/s1. The van der Waals surface area contributed by atoms with E-state index < -0.39 is 12.1 Å². The number of aryl methyl sites for hydroxylation is 2. The molecule has 0 spiro atoms. The lowest BCUT2D eigenvalue weighted by Crippen LogP contribution is -2.57. The van der Waals surface area contributed by atoms with E-state index in [9.17, 15) is 9.59 Å². The van der Waals surface area contributed by atoms with E-state index in [1.54, 1.807) is 10.8 Å². The molecule has 0 fully saturated rings. The summed E-state index contributed by atoms with van der Waals surface area (Å²) in [5.41, 5.74) is 8.83. The van der Waals surface area contributed by atoms with Crippen LogP contribution in [0.4, 0.5) is 0 Å². The summed E-state index contributed by atoms with van der Waals surface area (Å²) in [6.45, 7) is 6.54. The number of nitrogens with two attached hydrogens (primary N) is 1. The van der Waals surface area contributed by atoms with Crippen LogP contribution in [0.25, 0.3) is 0 Å². The number of benzene rings is 1. The van der Waals surface area contributed by atoms with Crippen molar-refractivity contribution in [2.45, 2.75) is 83.8 Å². The van der Waals surface area contributed by atoms with Crippen molar-refractivity contribution in [1.82, 2.24) is 25.6 Å². The van der Waals surface area contributed by atoms with Gasteiger partial charge in [-0.25, -0.2) is 0 Å². The SMILES string of the molecule is CCC(CC)O[C@@H]1C=C(C(=O)NCc2cn(CCc3ccccc3)nn2)C[C@H](N)[C@H]1NC(C)=O. The molecule has 34 heavy (non-hydrogen) atoms. The molecule has 1 heterocycles. The van der Waals surface area contributed by atoms with Crippen LogP contribution >= 0.6 is 0 Å². The maximum Gasteiger partial charge on any atom is 0.247 e. The zero-order valence-corrected chi connectivity index (χ0v) is 20.2. The van der Waals surface area contributed by atoms with Crippen LogP contribution in [0.3, 0.4) is 0 Å². The minimum absolute atomic E-state index is 0.0260. The number of amides is 2. The van der Waals surface area contributed by atoms with E-state index in [0.29, 0.717) is 24.2 Å². The van der Waals surface area contributed by atoms with Crippen LogP contribution in [-0.2, 0) is 33.8 Å². The zero-order valence-electron chi connectivity index (χ0n) is 20.2. The average molecular weight is 469 g/mol. The fourth-order valence-electron chi connectivity index (χ4n) is 4.12. The number of nitrogens with zero attached hydrogens (tertiary/aromatic N) is 3. The van der Waals surface area contributed by atoms with Gasteiger partial charge in [-0.3, -0.25) is 14.3 Å². The molecular formula is C25H36N6O3. The number of carbonyl (C=O) groups is 2.